The molecule has 0 aromatic heterocycles. The predicted octanol–water partition coefficient (Wildman–Crippen LogP) is 6.78. The first-order valence-corrected chi connectivity index (χ1v) is 35.9. The number of anilines is 2. The number of nitrogens with zero attached hydrogens (tertiary/aromatic N) is 6. The number of fused-ring (bicyclic) bond motifs is 4. The minimum atomic E-state index is -1.34. The first-order valence-electron chi connectivity index (χ1n) is 35.9. The Balaban J connectivity index is 0.654. The van der Waals surface area contributed by atoms with Crippen molar-refractivity contribution in [2.75, 3.05) is 122 Å². The maximum absolute atomic E-state index is 15.2. The summed E-state index contributed by atoms with van der Waals surface area (Å²) < 4.78 is 35.2. The third-order valence-electron chi connectivity index (χ3n) is 21.3. The number of aliphatic hydroxyl groups is 1. The molecule has 9 aliphatic rings. The van der Waals surface area contributed by atoms with Crippen LogP contribution in [0.4, 0.5) is 21.0 Å². The van der Waals surface area contributed by atoms with Crippen LogP contribution in [-0.4, -0.2) is 230 Å². The third-order valence-corrected chi connectivity index (χ3v) is 21.3. The van der Waals surface area contributed by atoms with E-state index in [0.717, 1.165) is 55.7 Å². The summed E-state index contributed by atoms with van der Waals surface area (Å²) in [6, 6.07) is 10.6. The fourth-order valence-corrected chi connectivity index (χ4v) is 16.6. The van der Waals surface area contributed by atoms with Gasteiger partial charge < -0.3 is 68.7 Å². The number of benzene rings is 2. The Morgan fingerprint density at radius 1 is 0.760 bits per heavy atom. The number of allylic oxidation sites excluding steroid dienone is 4. The number of ketones is 1. The smallest absolute Gasteiger partial charge is 0.410 e. The van der Waals surface area contributed by atoms with Crippen molar-refractivity contribution < 1.29 is 76.7 Å². The normalized spacial score (nSPS) is 26.4. The molecule has 9 atom stereocenters. The molecule has 4 N–H and O–H groups in total. The molecule has 6 fully saturated rings. The minimum absolute atomic E-state index is 0.00767. The highest BCUT2D eigenvalue weighted by Crippen LogP contribution is 2.71. The van der Waals surface area contributed by atoms with Gasteiger partial charge in [0, 0.05) is 119 Å². The van der Waals surface area contributed by atoms with Crippen LogP contribution in [0.2, 0.25) is 0 Å². The van der Waals surface area contributed by atoms with Crippen molar-refractivity contribution in [3.8, 4) is 11.8 Å². The molecule has 4 saturated heterocycles. The Bertz CT molecular complexity index is 3570. The van der Waals surface area contributed by atoms with Crippen LogP contribution >= 0.6 is 0 Å². The summed E-state index contributed by atoms with van der Waals surface area (Å²) in [7, 11) is 2.01. The minimum Gasteiger partial charge on any atom is -0.444 e. The van der Waals surface area contributed by atoms with E-state index in [9.17, 15) is 43.5 Å². The summed E-state index contributed by atoms with van der Waals surface area (Å²) in [6.07, 6.45) is 7.46. The van der Waals surface area contributed by atoms with Gasteiger partial charge in [-0.15, -0.1) is 5.92 Å². The van der Waals surface area contributed by atoms with E-state index >= 15 is 4.79 Å². The largest absolute Gasteiger partial charge is 0.444 e. The van der Waals surface area contributed by atoms with E-state index in [-0.39, 0.29) is 101 Å². The van der Waals surface area contributed by atoms with Gasteiger partial charge in [0.2, 0.25) is 29.5 Å². The standard InChI is InChI=1S/C75H101N9O16/c1-9-28-75-29-27-56-53-23-19-49-43-51(85)22-24-52(49)63(53)55(44-74(56,75)47-98-75)48-17-20-50(21-18-48)79(8)32-11-16-62(87)82-35-33-81(71(94)100-73(5,6)7)46-60(82)68(91)83-36-34-80(70(93)99-72(2,3)4)45-59(83)65(88)77-31-13-38-96-40-42-97-41-39-95-37-12-30-76-57-15-10-14-54-64(57)69(92)84(67(54)90)58-25-26-61(86)78-66(58)89/h10,14-15,17-18,20-21,43,53,55-56,58-60,69,76,92H,11-13,16,19,22-27,29-42,44-47H2,1-8H3,(H,77,88)(H,78,86,89)/t53-,55+,56-,58?,59?,60?,69?,74+,75-/m0/s1. The van der Waals surface area contributed by atoms with E-state index in [1.54, 1.807) is 59.7 Å². The Morgan fingerprint density at radius 3 is 2.07 bits per heavy atom. The number of ether oxygens (including phenoxy) is 6. The molecular formula is C75H101N9O16. The van der Waals surface area contributed by atoms with E-state index in [1.807, 2.05) is 20.0 Å². The number of carbonyl (C=O) groups excluding carboxylic acids is 9. The maximum Gasteiger partial charge on any atom is 0.410 e. The number of carbonyl (C=O) groups is 9. The topological polar surface area (TPSA) is 285 Å². The zero-order chi connectivity index (χ0) is 71.3. The van der Waals surface area contributed by atoms with E-state index in [1.165, 1.54) is 41.9 Å². The molecular weight excluding hydrogens is 1280 g/mol. The number of piperazine rings is 2. The predicted molar refractivity (Wildman–Crippen MR) is 369 cm³/mol. The Morgan fingerprint density at radius 2 is 1.42 bits per heavy atom. The summed E-state index contributed by atoms with van der Waals surface area (Å²) in [5, 5.41) is 19.6. The van der Waals surface area contributed by atoms with Gasteiger partial charge in [-0.25, -0.2) is 9.59 Å². The lowest BCUT2D eigenvalue weighted by Crippen LogP contribution is -2.68. The number of aliphatic hydroxyl groups excluding tert-OH is 1. The first-order chi connectivity index (χ1) is 47.8. The molecule has 4 unspecified atom stereocenters. The zero-order valence-electron chi connectivity index (χ0n) is 59.4. The van der Waals surface area contributed by atoms with Crippen LogP contribution in [0.15, 0.2) is 65.3 Å². The summed E-state index contributed by atoms with van der Waals surface area (Å²) in [6.45, 7) is 16.2. The highest BCUT2D eigenvalue weighted by atomic mass is 16.6. The number of rotatable bonds is 24. The average molecular weight is 1380 g/mol. The number of imide groups is 1. The van der Waals surface area contributed by atoms with Crippen LogP contribution in [0.3, 0.4) is 0 Å². The highest BCUT2D eigenvalue weighted by Gasteiger charge is 2.71. The molecule has 542 valence electrons. The second-order valence-electron chi connectivity index (χ2n) is 30.0. The molecule has 5 aliphatic heterocycles. The molecule has 0 bridgehead atoms. The van der Waals surface area contributed by atoms with Crippen LogP contribution in [-0.2, 0) is 57.2 Å². The summed E-state index contributed by atoms with van der Waals surface area (Å²) in [5.41, 5.74) is 5.58. The van der Waals surface area contributed by atoms with Crippen molar-refractivity contribution >= 4 is 64.8 Å². The fraction of sp³-hybridized carbons (Fsp3) is 0.640. The molecule has 2 saturated carbocycles. The molecule has 4 aliphatic carbocycles. The van der Waals surface area contributed by atoms with Crippen molar-refractivity contribution in [2.45, 2.75) is 179 Å². The number of amides is 8. The molecule has 100 heavy (non-hydrogen) atoms. The van der Waals surface area contributed by atoms with Gasteiger partial charge in [0.1, 0.15) is 34.9 Å². The van der Waals surface area contributed by atoms with Gasteiger partial charge in [0.15, 0.2) is 12.0 Å². The molecule has 2 aromatic carbocycles. The number of hydrogen-bond acceptors (Lipinski definition) is 18. The van der Waals surface area contributed by atoms with Gasteiger partial charge in [0.05, 0.1) is 46.1 Å². The molecule has 0 radical (unpaired) electrons. The number of hydrogen-bond donors (Lipinski definition) is 4. The van der Waals surface area contributed by atoms with Gasteiger partial charge >= 0.3 is 12.2 Å². The summed E-state index contributed by atoms with van der Waals surface area (Å²) in [5.74, 6) is 5.34. The van der Waals surface area contributed by atoms with Crippen molar-refractivity contribution in [1.29, 1.82) is 0 Å². The quantitative estimate of drug-likeness (QED) is 0.0478. The molecule has 5 heterocycles. The van der Waals surface area contributed by atoms with Crippen LogP contribution in [0.1, 0.15) is 166 Å². The van der Waals surface area contributed by atoms with Crippen LogP contribution in [0.5, 0.6) is 0 Å². The van der Waals surface area contributed by atoms with Crippen molar-refractivity contribution in [1.82, 2.24) is 35.1 Å². The van der Waals surface area contributed by atoms with Crippen LogP contribution < -0.4 is 20.9 Å². The molecule has 25 nitrogen and oxygen atoms in total. The van der Waals surface area contributed by atoms with Crippen LogP contribution in [0, 0.1) is 29.1 Å². The Hall–Kier alpha value is -7.89. The monoisotopic (exact) mass is 1380 g/mol. The molecule has 11 rings (SSSR count). The lowest BCUT2D eigenvalue weighted by Gasteiger charge is -2.61. The summed E-state index contributed by atoms with van der Waals surface area (Å²) >= 11 is 0. The van der Waals surface area contributed by atoms with Crippen molar-refractivity contribution in [3.05, 3.63) is 82.0 Å². The van der Waals surface area contributed by atoms with E-state index in [4.69, 9.17) is 28.4 Å². The summed E-state index contributed by atoms with van der Waals surface area (Å²) in [4.78, 5) is 131. The molecule has 1 spiro atoms. The fourth-order valence-electron chi connectivity index (χ4n) is 16.6. The molecule has 25 heteroatoms. The van der Waals surface area contributed by atoms with Gasteiger partial charge in [-0.1, -0.05) is 29.7 Å². The van der Waals surface area contributed by atoms with Crippen molar-refractivity contribution in [3.63, 3.8) is 0 Å². The van der Waals surface area contributed by atoms with E-state index < -0.39 is 82.9 Å². The number of piperidine rings is 1. The van der Waals surface area contributed by atoms with Crippen molar-refractivity contribution in [2.24, 2.45) is 17.3 Å². The average Bonchev–Trinajstić information content (AvgIpc) is 1.45. The lowest BCUT2D eigenvalue weighted by molar-refractivity contribution is -0.245. The Labute approximate surface area is 586 Å². The highest BCUT2D eigenvalue weighted by molar-refractivity contribution is 6.06. The molecule has 2 aromatic rings. The SMILES string of the molecule is CC#C[C@]12CC[C@H]3[C@@H]4CCC5=CC(=O)CCC5=C4[C@@H](c4ccc(N(C)CCCC(=O)N5CCN(C(=O)OC(C)(C)C)CC5C(=O)N5CCN(C(=O)OC(C)(C)C)CC5C(=O)NCCCOCCOCCOCCCNc5cccc6c5C(O)N(C5CCC(=O)NC5=O)C6=O)cc4)C[C@@]31CO2. The third kappa shape index (κ3) is 15.9. The Kier molecular flexibility index (Phi) is 22.8. The zero-order valence-corrected chi connectivity index (χ0v) is 59.4. The van der Waals surface area contributed by atoms with Gasteiger partial charge in [-0.3, -0.25) is 43.8 Å². The second-order valence-corrected chi connectivity index (χ2v) is 30.0. The van der Waals surface area contributed by atoms with Gasteiger partial charge in [0.25, 0.3) is 5.91 Å². The van der Waals surface area contributed by atoms with Gasteiger partial charge in [-0.05, 0) is 172 Å². The molecule has 8 amide bonds. The second kappa shape index (κ2) is 31.1. The maximum atomic E-state index is 15.2. The number of nitrogens with one attached hydrogen (secondary N) is 3. The van der Waals surface area contributed by atoms with E-state index in [0.29, 0.717) is 93.9 Å². The van der Waals surface area contributed by atoms with E-state index in [2.05, 4.69) is 57.0 Å². The first kappa shape index (κ1) is 73.3. The van der Waals surface area contributed by atoms with Crippen LogP contribution in [0.25, 0.3) is 0 Å². The van der Waals surface area contributed by atoms with Gasteiger partial charge in [-0.2, -0.15) is 0 Å². The lowest BCUT2D eigenvalue weighted by atomic mass is 9.49.